The van der Waals surface area contributed by atoms with Crippen molar-refractivity contribution >= 4 is 58.6 Å². The second-order valence-electron chi connectivity index (χ2n) is 4.97. The zero-order valence-corrected chi connectivity index (χ0v) is 15.1. The number of carbonyl (C=O) groups excluding carboxylic acids is 2. The quantitative estimate of drug-likeness (QED) is 0.544. The fraction of sp³-hybridized carbons (Fsp3) is 0.0588. The van der Waals surface area contributed by atoms with Gasteiger partial charge in [-0.2, -0.15) is 0 Å². The number of aliphatic imine (C=N–C) groups is 1. The molecule has 0 unspecified atom stereocenters. The van der Waals surface area contributed by atoms with Gasteiger partial charge in [-0.3, -0.25) is 14.6 Å². The Labute approximate surface area is 159 Å². The number of nitrogens with two attached hydrogens (primary N) is 1. The van der Waals surface area contributed by atoms with Gasteiger partial charge in [0.05, 0.1) is 21.1 Å². The first-order valence-electron chi connectivity index (χ1n) is 7.41. The summed E-state index contributed by atoms with van der Waals surface area (Å²) < 4.78 is 0.548. The van der Waals surface area contributed by atoms with Crippen molar-refractivity contribution in [1.82, 2.24) is 5.32 Å². The van der Waals surface area contributed by atoms with E-state index in [0.717, 1.165) is 0 Å². The molecule has 1 aromatic carbocycles. The number of nitrogens with one attached hydrogen (secondary N) is 3. The molecule has 1 heterocycles. The van der Waals surface area contributed by atoms with Gasteiger partial charge in [0.1, 0.15) is 0 Å². The van der Waals surface area contributed by atoms with Crippen LogP contribution in [0.25, 0.3) is 0 Å². The summed E-state index contributed by atoms with van der Waals surface area (Å²) in [5.74, 6) is -0.738. The summed E-state index contributed by atoms with van der Waals surface area (Å²) in [5.41, 5.74) is 7.41. The summed E-state index contributed by atoms with van der Waals surface area (Å²) in [5, 5.41) is 12.1. The topological polar surface area (TPSA) is 120 Å². The average molecular weight is 390 g/mol. The SMILES string of the molecule is N=CC(=O)Nc1ccc(N=CC(=CN)CNC(=O)c2ccc(Cl)s2)cc1. The highest BCUT2D eigenvalue weighted by Crippen LogP contribution is 2.21. The van der Waals surface area contributed by atoms with Crippen LogP contribution in [0, 0.1) is 5.41 Å². The van der Waals surface area contributed by atoms with Gasteiger partial charge in [0.2, 0.25) is 0 Å². The molecule has 2 amide bonds. The summed E-state index contributed by atoms with van der Waals surface area (Å²) in [6, 6.07) is 10.1. The number of carbonyl (C=O) groups is 2. The van der Waals surface area contributed by atoms with E-state index in [2.05, 4.69) is 15.6 Å². The number of anilines is 1. The molecule has 0 aliphatic carbocycles. The average Bonchev–Trinajstić information content (AvgIpc) is 3.09. The van der Waals surface area contributed by atoms with Gasteiger partial charge in [0.25, 0.3) is 11.8 Å². The number of nitrogens with zero attached hydrogens (tertiary/aromatic N) is 1. The first-order chi connectivity index (χ1) is 12.5. The number of hydrogen-bond acceptors (Lipinski definition) is 6. The molecule has 0 atom stereocenters. The second kappa shape index (κ2) is 9.50. The zero-order chi connectivity index (χ0) is 18.9. The van der Waals surface area contributed by atoms with E-state index < -0.39 is 5.91 Å². The number of rotatable bonds is 7. The molecule has 0 aliphatic heterocycles. The Hall–Kier alpha value is -2.97. The number of halogens is 1. The Kier molecular flexibility index (Phi) is 7.07. The molecule has 7 nitrogen and oxygen atoms in total. The van der Waals surface area contributed by atoms with E-state index in [0.29, 0.717) is 32.4 Å². The molecule has 134 valence electrons. The minimum atomic E-state index is -0.502. The molecule has 5 N–H and O–H groups in total. The highest BCUT2D eigenvalue weighted by atomic mass is 35.5. The molecule has 0 aliphatic rings. The van der Waals surface area contributed by atoms with Crippen LogP contribution in [0.5, 0.6) is 0 Å². The largest absolute Gasteiger partial charge is 0.404 e. The van der Waals surface area contributed by atoms with Gasteiger partial charge in [-0.25, -0.2) is 0 Å². The van der Waals surface area contributed by atoms with E-state index in [-0.39, 0.29) is 12.5 Å². The highest BCUT2D eigenvalue weighted by Gasteiger charge is 2.08. The molecule has 0 fully saturated rings. The molecule has 0 saturated carbocycles. The lowest BCUT2D eigenvalue weighted by Crippen LogP contribution is -2.25. The van der Waals surface area contributed by atoms with Crippen molar-refractivity contribution in [2.45, 2.75) is 0 Å². The van der Waals surface area contributed by atoms with Crippen LogP contribution in [-0.2, 0) is 4.79 Å². The van der Waals surface area contributed by atoms with E-state index in [4.69, 9.17) is 22.7 Å². The van der Waals surface area contributed by atoms with E-state index in [1.807, 2.05) is 0 Å². The first kappa shape index (κ1) is 19.4. The summed E-state index contributed by atoms with van der Waals surface area (Å²) in [7, 11) is 0. The Balaban J connectivity index is 1.91. The van der Waals surface area contributed by atoms with Crippen molar-refractivity contribution in [2.75, 3.05) is 11.9 Å². The van der Waals surface area contributed by atoms with Crippen molar-refractivity contribution < 1.29 is 9.59 Å². The Morgan fingerprint density at radius 1 is 1.23 bits per heavy atom. The molecule has 1 aromatic heterocycles. The maximum absolute atomic E-state index is 12.0. The molecule has 0 saturated heterocycles. The van der Waals surface area contributed by atoms with Crippen molar-refractivity contribution in [3.8, 4) is 0 Å². The number of benzene rings is 1. The highest BCUT2D eigenvalue weighted by molar-refractivity contribution is 7.18. The molecule has 2 aromatic rings. The number of amides is 2. The van der Waals surface area contributed by atoms with Gasteiger partial charge in [-0.15, -0.1) is 11.3 Å². The lowest BCUT2D eigenvalue weighted by Gasteiger charge is -2.04. The maximum atomic E-state index is 12.0. The van der Waals surface area contributed by atoms with Crippen molar-refractivity contribution in [3.63, 3.8) is 0 Å². The van der Waals surface area contributed by atoms with E-state index in [1.165, 1.54) is 17.5 Å². The van der Waals surface area contributed by atoms with E-state index >= 15 is 0 Å². The molecular formula is C17H16ClN5O2S. The van der Waals surface area contributed by atoms with Crippen molar-refractivity contribution in [2.24, 2.45) is 10.7 Å². The van der Waals surface area contributed by atoms with Gasteiger partial charge in [-0.1, -0.05) is 11.6 Å². The van der Waals surface area contributed by atoms with Crippen LogP contribution in [-0.4, -0.2) is 30.8 Å². The van der Waals surface area contributed by atoms with Gasteiger partial charge in [0, 0.05) is 30.2 Å². The number of thiophene rings is 1. The third-order valence-electron chi connectivity index (χ3n) is 3.11. The minimum absolute atomic E-state index is 0.224. The molecule has 0 spiro atoms. The number of hydrogen-bond donors (Lipinski definition) is 4. The van der Waals surface area contributed by atoms with Crippen LogP contribution in [0.4, 0.5) is 11.4 Å². The standard InChI is InChI=1S/C17H16ClN5O2S/c18-15-6-5-14(26-15)17(25)22-10-11(7-19)9-21-12-1-3-13(4-2-12)23-16(24)8-20/h1-9,20H,10,19H2,(H,22,25)(H,23,24). The van der Waals surface area contributed by atoms with E-state index in [1.54, 1.807) is 42.6 Å². The normalized spacial score (nSPS) is 11.3. The van der Waals surface area contributed by atoms with Gasteiger partial charge < -0.3 is 21.8 Å². The lowest BCUT2D eigenvalue weighted by molar-refractivity contribution is -0.110. The fourth-order valence-corrected chi connectivity index (χ4v) is 2.78. The summed E-state index contributed by atoms with van der Waals surface area (Å²) in [6.45, 7) is 0.224. The zero-order valence-electron chi connectivity index (χ0n) is 13.5. The van der Waals surface area contributed by atoms with Gasteiger partial charge >= 0.3 is 0 Å². The first-order valence-corrected chi connectivity index (χ1v) is 8.61. The summed E-state index contributed by atoms with van der Waals surface area (Å²) in [4.78, 5) is 27.9. The van der Waals surface area contributed by atoms with Crippen LogP contribution in [0.2, 0.25) is 4.34 Å². The van der Waals surface area contributed by atoms with Gasteiger partial charge in [0.15, 0.2) is 0 Å². The lowest BCUT2D eigenvalue weighted by atomic mass is 10.2. The molecule has 26 heavy (non-hydrogen) atoms. The Morgan fingerprint density at radius 3 is 2.54 bits per heavy atom. The Bertz CT molecular complexity index is 858. The predicted molar refractivity (Wildman–Crippen MR) is 106 cm³/mol. The minimum Gasteiger partial charge on any atom is -0.404 e. The van der Waals surface area contributed by atoms with Crippen LogP contribution in [0.3, 0.4) is 0 Å². The third kappa shape index (κ3) is 5.83. The molecule has 0 bridgehead atoms. The third-order valence-corrected chi connectivity index (χ3v) is 4.34. The Morgan fingerprint density at radius 2 is 1.96 bits per heavy atom. The van der Waals surface area contributed by atoms with Crippen LogP contribution in [0.1, 0.15) is 9.67 Å². The summed E-state index contributed by atoms with van der Waals surface area (Å²) >= 11 is 7.01. The van der Waals surface area contributed by atoms with Crippen molar-refractivity contribution in [3.05, 3.63) is 57.4 Å². The van der Waals surface area contributed by atoms with E-state index in [9.17, 15) is 9.59 Å². The van der Waals surface area contributed by atoms with Crippen molar-refractivity contribution in [1.29, 1.82) is 5.41 Å². The van der Waals surface area contributed by atoms with Gasteiger partial charge in [-0.05, 0) is 36.4 Å². The fourth-order valence-electron chi connectivity index (χ4n) is 1.82. The van der Waals surface area contributed by atoms with Crippen LogP contribution < -0.4 is 16.4 Å². The maximum Gasteiger partial charge on any atom is 0.266 e. The molecule has 9 heteroatoms. The molecular weight excluding hydrogens is 374 g/mol. The smallest absolute Gasteiger partial charge is 0.266 e. The molecule has 2 rings (SSSR count). The predicted octanol–water partition coefficient (Wildman–Crippen LogP) is 2.96. The summed E-state index contributed by atoms with van der Waals surface area (Å²) in [6.07, 6.45) is 3.61. The van der Waals surface area contributed by atoms with Crippen LogP contribution >= 0.6 is 22.9 Å². The molecule has 0 radical (unpaired) electrons. The van der Waals surface area contributed by atoms with Crippen LogP contribution in [0.15, 0.2) is 53.2 Å². The second-order valence-corrected chi connectivity index (χ2v) is 6.68. The monoisotopic (exact) mass is 389 g/mol.